The average molecular weight is 133 g/mol. The molecule has 0 aliphatic heterocycles. The molecule has 9 heavy (non-hydrogen) atoms. The smallest absolute Gasteiger partial charge is 0.120 e. The Morgan fingerprint density at radius 1 is 1.33 bits per heavy atom. The number of rotatable bonds is 1. The van der Waals surface area contributed by atoms with Crippen molar-refractivity contribution in [3.63, 3.8) is 0 Å². The van der Waals surface area contributed by atoms with Gasteiger partial charge in [0.15, 0.2) is 0 Å². The van der Waals surface area contributed by atoms with E-state index < -0.39 is 6.17 Å². The summed E-state index contributed by atoms with van der Waals surface area (Å²) >= 11 is 0. The largest absolute Gasteiger partial charge is 0.325 e. The Kier molecular flexibility index (Phi) is 2.62. The van der Waals surface area contributed by atoms with Crippen LogP contribution in [-0.2, 0) is 0 Å². The second-order valence-corrected chi connectivity index (χ2v) is 3.63. The third-order valence-corrected chi connectivity index (χ3v) is 1.29. The van der Waals surface area contributed by atoms with Gasteiger partial charge in [0.2, 0.25) is 0 Å². The molecule has 0 heterocycles. The highest BCUT2D eigenvalue weighted by Gasteiger charge is 2.26. The zero-order chi connectivity index (χ0) is 7.65. The van der Waals surface area contributed by atoms with Crippen LogP contribution in [0.3, 0.4) is 0 Å². The minimum absolute atomic E-state index is 0.311. The number of hydrogen-bond donors (Lipinski definition) is 1. The van der Waals surface area contributed by atoms with Gasteiger partial charge in [0.05, 0.1) is 0 Å². The molecule has 0 rings (SSSR count). The molecule has 0 aromatic rings. The highest BCUT2D eigenvalue weighted by Crippen LogP contribution is 2.23. The van der Waals surface area contributed by atoms with Crippen molar-refractivity contribution in [1.29, 1.82) is 0 Å². The molecule has 0 amide bonds. The van der Waals surface area contributed by atoms with E-state index in [0.29, 0.717) is 0 Å². The first-order chi connectivity index (χ1) is 3.85. The molecular weight excluding hydrogens is 117 g/mol. The van der Waals surface area contributed by atoms with Gasteiger partial charge in [-0.1, -0.05) is 20.8 Å². The predicted octanol–water partition coefficient (Wildman–Crippen LogP) is 1.72. The maximum atomic E-state index is 12.9. The van der Waals surface area contributed by atoms with Gasteiger partial charge in [-0.15, -0.1) is 0 Å². The van der Waals surface area contributed by atoms with Crippen molar-refractivity contribution in [3.8, 4) is 0 Å². The average Bonchev–Trinajstić information content (AvgIpc) is 1.62. The van der Waals surface area contributed by atoms with E-state index in [0.717, 1.165) is 0 Å². The summed E-state index contributed by atoms with van der Waals surface area (Å²) in [5, 5.41) is 0. The summed E-state index contributed by atoms with van der Waals surface area (Å²) in [7, 11) is 0. The summed E-state index contributed by atoms with van der Waals surface area (Å²) < 4.78 is 12.9. The minimum atomic E-state index is -0.905. The topological polar surface area (TPSA) is 26.0 Å². The van der Waals surface area contributed by atoms with Gasteiger partial charge in [0, 0.05) is 6.04 Å². The van der Waals surface area contributed by atoms with Crippen LogP contribution in [0.2, 0.25) is 0 Å². The van der Waals surface area contributed by atoms with E-state index in [-0.39, 0.29) is 11.5 Å². The monoisotopic (exact) mass is 133 g/mol. The van der Waals surface area contributed by atoms with Gasteiger partial charge in [0.1, 0.15) is 6.17 Å². The fraction of sp³-hybridized carbons (Fsp3) is 1.00. The van der Waals surface area contributed by atoms with E-state index in [2.05, 4.69) is 0 Å². The van der Waals surface area contributed by atoms with Crippen molar-refractivity contribution in [2.45, 2.75) is 39.9 Å². The Bertz CT molecular complexity index is 83.4. The van der Waals surface area contributed by atoms with Crippen molar-refractivity contribution >= 4 is 0 Å². The number of hydrogen-bond acceptors (Lipinski definition) is 1. The van der Waals surface area contributed by atoms with Gasteiger partial charge in [-0.05, 0) is 12.3 Å². The zero-order valence-electron chi connectivity index (χ0n) is 6.61. The van der Waals surface area contributed by atoms with Crippen LogP contribution in [0.15, 0.2) is 0 Å². The Morgan fingerprint density at radius 3 is 1.67 bits per heavy atom. The Balaban J connectivity index is 3.88. The van der Waals surface area contributed by atoms with Crippen molar-refractivity contribution in [3.05, 3.63) is 0 Å². The summed E-state index contributed by atoms with van der Waals surface area (Å²) in [4.78, 5) is 0. The van der Waals surface area contributed by atoms with Crippen LogP contribution in [0, 0.1) is 5.41 Å². The molecule has 2 unspecified atom stereocenters. The summed E-state index contributed by atoms with van der Waals surface area (Å²) in [6, 6.07) is -0.356. The highest BCUT2D eigenvalue weighted by molar-refractivity contribution is 4.79. The summed E-state index contributed by atoms with van der Waals surface area (Å²) in [5.74, 6) is 0. The molecule has 0 bridgehead atoms. The Labute approximate surface area is 56.4 Å². The predicted molar refractivity (Wildman–Crippen MR) is 38.0 cm³/mol. The molecule has 2 heteroatoms. The van der Waals surface area contributed by atoms with E-state index >= 15 is 0 Å². The van der Waals surface area contributed by atoms with Crippen LogP contribution in [0.5, 0.6) is 0 Å². The molecule has 2 atom stereocenters. The number of halogens is 1. The minimum Gasteiger partial charge on any atom is -0.325 e. The van der Waals surface area contributed by atoms with Crippen molar-refractivity contribution < 1.29 is 4.39 Å². The molecule has 0 radical (unpaired) electrons. The summed E-state index contributed by atoms with van der Waals surface area (Å²) in [6.07, 6.45) is -0.905. The molecule has 0 aliphatic rings. The fourth-order valence-corrected chi connectivity index (χ4v) is 0.789. The normalized spacial score (nSPS) is 19.3. The van der Waals surface area contributed by atoms with Gasteiger partial charge in [0.25, 0.3) is 0 Å². The maximum absolute atomic E-state index is 12.9. The summed E-state index contributed by atoms with van der Waals surface area (Å²) in [5.41, 5.74) is 5.04. The maximum Gasteiger partial charge on any atom is 0.120 e. The van der Waals surface area contributed by atoms with Crippen molar-refractivity contribution in [2.75, 3.05) is 0 Å². The lowest BCUT2D eigenvalue weighted by Gasteiger charge is -2.26. The number of nitrogens with two attached hydrogens (primary N) is 1. The SMILES string of the molecule is CC(N)C(F)C(C)(C)C. The quantitative estimate of drug-likeness (QED) is 0.579. The Morgan fingerprint density at radius 2 is 1.67 bits per heavy atom. The first kappa shape index (κ1) is 8.89. The third-order valence-electron chi connectivity index (χ3n) is 1.29. The first-order valence-corrected chi connectivity index (χ1v) is 3.25. The van der Waals surface area contributed by atoms with E-state index in [9.17, 15) is 4.39 Å². The van der Waals surface area contributed by atoms with Crippen LogP contribution >= 0.6 is 0 Å². The van der Waals surface area contributed by atoms with Gasteiger partial charge < -0.3 is 5.73 Å². The molecule has 0 aromatic heterocycles. The summed E-state index contributed by atoms with van der Waals surface area (Å²) in [6.45, 7) is 7.24. The van der Waals surface area contributed by atoms with E-state index in [1.165, 1.54) is 0 Å². The second kappa shape index (κ2) is 2.65. The van der Waals surface area contributed by atoms with Crippen LogP contribution in [0.25, 0.3) is 0 Å². The van der Waals surface area contributed by atoms with Crippen LogP contribution < -0.4 is 5.73 Å². The third kappa shape index (κ3) is 2.80. The van der Waals surface area contributed by atoms with Crippen LogP contribution in [0.1, 0.15) is 27.7 Å². The van der Waals surface area contributed by atoms with E-state index in [1.807, 2.05) is 20.8 Å². The van der Waals surface area contributed by atoms with Gasteiger partial charge >= 0.3 is 0 Å². The lowest BCUT2D eigenvalue weighted by Crippen LogP contribution is -2.37. The number of alkyl halides is 1. The standard InChI is InChI=1S/C7H16FN/c1-5(9)6(8)7(2,3)4/h5-6H,9H2,1-4H3. The molecular formula is C7H16FN. The molecule has 0 saturated carbocycles. The van der Waals surface area contributed by atoms with Gasteiger partial charge in [-0.2, -0.15) is 0 Å². The molecule has 1 nitrogen and oxygen atoms in total. The first-order valence-electron chi connectivity index (χ1n) is 3.25. The molecule has 0 aromatic carbocycles. The highest BCUT2D eigenvalue weighted by atomic mass is 19.1. The molecule has 0 fully saturated rings. The zero-order valence-corrected chi connectivity index (χ0v) is 6.61. The van der Waals surface area contributed by atoms with Gasteiger partial charge in [-0.3, -0.25) is 0 Å². The van der Waals surface area contributed by atoms with Crippen molar-refractivity contribution in [1.82, 2.24) is 0 Å². The van der Waals surface area contributed by atoms with Crippen molar-refractivity contribution in [2.24, 2.45) is 11.1 Å². The van der Waals surface area contributed by atoms with E-state index in [4.69, 9.17) is 5.73 Å². The molecule has 0 saturated heterocycles. The molecule has 0 aliphatic carbocycles. The molecule has 56 valence electrons. The molecule has 2 N–H and O–H groups in total. The van der Waals surface area contributed by atoms with E-state index in [1.54, 1.807) is 6.92 Å². The van der Waals surface area contributed by atoms with Crippen LogP contribution in [-0.4, -0.2) is 12.2 Å². The lowest BCUT2D eigenvalue weighted by molar-refractivity contribution is 0.139. The second-order valence-electron chi connectivity index (χ2n) is 3.63. The van der Waals surface area contributed by atoms with Crippen LogP contribution in [0.4, 0.5) is 4.39 Å². The van der Waals surface area contributed by atoms with Gasteiger partial charge in [-0.25, -0.2) is 4.39 Å². The Hall–Kier alpha value is -0.110. The lowest BCUT2D eigenvalue weighted by atomic mass is 9.87. The fourth-order valence-electron chi connectivity index (χ4n) is 0.789. The molecule has 0 spiro atoms.